The molecule has 1 N–H and O–H groups in total. The number of hydrogen-bond acceptors (Lipinski definition) is 4. The molecule has 1 fully saturated rings. The predicted molar refractivity (Wildman–Crippen MR) is 150 cm³/mol. The van der Waals surface area contributed by atoms with Gasteiger partial charge >= 0.3 is 0 Å². The van der Waals surface area contributed by atoms with Crippen molar-refractivity contribution in [2.24, 2.45) is 0 Å². The molecule has 3 aromatic rings. The van der Waals surface area contributed by atoms with E-state index in [1.165, 1.54) is 17.3 Å². The summed E-state index contributed by atoms with van der Waals surface area (Å²) in [5.41, 5.74) is 5.98. The number of benzene rings is 3. The highest BCUT2D eigenvalue weighted by molar-refractivity contribution is 8.05. The summed E-state index contributed by atoms with van der Waals surface area (Å²) >= 11 is 1.29. The summed E-state index contributed by atoms with van der Waals surface area (Å²) < 4.78 is 0. The van der Waals surface area contributed by atoms with Crippen LogP contribution in [0, 0.1) is 25.2 Å². The number of nitriles is 1. The number of anilines is 1. The van der Waals surface area contributed by atoms with E-state index in [2.05, 4.69) is 49.5 Å². The highest BCUT2D eigenvalue weighted by atomic mass is 32.2. The Hall–Kier alpha value is -3.82. The fraction of sp³-hybridized carbons (Fsp3) is 0.258. The van der Waals surface area contributed by atoms with Crippen molar-refractivity contribution in [2.75, 3.05) is 4.90 Å². The van der Waals surface area contributed by atoms with Crippen molar-refractivity contribution in [3.63, 3.8) is 0 Å². The summed E-state index contributed by atoms with van der Waals surface area (Å²) in [5.74, 6) is -0.184. The molecule has 2 amide bonds. The number of carbonyl (C=O) groups excluding carboxylic acids is 2. The van der Waals surface area contributed by atoms with Crippen LogP contribution in [0.3, 0.4) is 0 Å². The molecule has 6 heteroatoms. The van der Waals surface area contributed by atoms with Gasteiger partial charge in [0.15, 0.2) is 0 Å². The molecule has 1 aliphatic heterocycles. The zero-order valence-electron chi connectivity index (χ0n) is 21.6. The average molecular weight is 510 g/mol. The first-order valence-electron chi connectivity index (χ1n) is 12.4. The topological polar surface area (TPSA) is 73.2 Å². The molecule has 0 bridgehead atoms. The van der Waals surface area contributed by atoms with Gasteiger partial charge in [0.1, 0.15) is 16.7 Å². The molecule has 1 unspecified atom stereocenters. The van der Waals surface area contributed by atoms with Crippen LogP contribution in [0.5, 0.6) is 0 Å². The smallest absolute Gasteiger partial charge is 0.264 e. The van der Waals surface area contributed by atoms with E-state index in [1.54, 1.807) is 4.90 Å². The number of carbonyl (C=O) groups is 2. The van der Waals surface area contributed by atoms with Crippen molar-refractivity contribution in [1.82, 2.24) is 5.32 Å². The molecule has 0 saturated carbocycles. The van der Waals surface area contributed by atoms with Crippen LogP contribution in [0.2, 0.25) is 0 Å². The lowest BCUT2D eigenvalue weighted by molar-refractivity contribution is -0.117. The number of amides is 2. The molecule has 4 rings (SSSR count). The molecular formula is C31H31N3O2S. The first kappa shape index (κ1) is 26.2. The van der Waals surface area contributed by atoms with Crippen LogP contribution in [0.15, 0.2) is 83.4 Å². The second-order valence-electron chi connectivity index (χ2n) is 9.61. The van der Waals surface area contributed by atoms with E-state index in [-0.39, 0.29) is 11.5 Å². The van der Waals surface area contributed by atoms with Gasteiger partial charge in [0.05, 0.1) is 5.25 Å². The number of nitrogens with one attached hydrogen (secondary N) is 1. The predicted octanol–water partition coefficient (Wildman–Crippen LogP) is 6.17. The van der Waals surface area contributed by atoms with Gasteiger partial charge in [0.25, 0.3) is 5.91 Å². The Kier molecular flexibility index (Phi) is 8.15. The number of rotatable bonds is 7. The largest absolute Gasteiger partial charge is 0.347 e. The van der Waals surface area contributed by atoms with Gasteiger partial charge in [-0.1, -0.05) is 86.3 Å². The van der Waals surface area contributed by atoms with Gasteiger partial charge in [-0.25, -0.2) is 0 Å². The van der Waals surface area contributed by atoms with E-state index in [0.717, 1.165) is 22.3 Å². The Bertz CT molecular complexity index is 1370. The summed E-state index contributed by atoms with van der Waals surface area (Å²) in [6, 6.07) is 25.7. The molecule has 3 aromatic carbocycles. The Labute approximate surface area is 223 Å². The molecule has 1 saturated heterocycles. The van der Waals surface area contributed by atoms with Crippen LogP contribution < -0.4 is 10.2 Å². The standard InChI is InChI=1S/C31H31N3O2S/c1-20(2)25-13-11-23(12-14-25)17-28-30(36)34(26-15-10-21(3)22(4)16-26)31(37-28)27(18-32)29(35)33-19-24-8-6-5-7-9-24/h5-16,20,28H,17,19H2,1-4H3,(H,33,35)/b31-27-. The van der Waals surface area contributed by atoms with Gasteiger partial charge in [0, 0.05) is 12.2 Å². The van der Waals surface area contributed by atoms with Crippen molar-refractivity contribution in [2.45, 2.75) is 51.8 Å². The molecular weight excluding hydrogens is 478 g/mol. The first-order chi connectivity index (χ1) is 17.8. The molecule has 0 radical (unpaired) electrons. The van der Waals surface area contributed by atoms with Crippen LogP contribution in [0.25, 0.3) is 0 Å². The SMILES string of the molecule is Cc1ccc(N2C(=O)C(Cc3ccc(C(C)C)cc3)S/C2=C(/C#N)C(=O)NCc2ccccc2)cc1C. The monoisotopic (exact) mass is 509 g/mol. The quantitative estimate of drug-likeness (QED) is 0.305. The van der Waals surface area contributed by atoms with E-state index < -0.39 is 11.2 Å². The summed E-state index contributed by atoms with van der Waals surface area (Å²) in [6.07, 6.45) is 0.511. The van der Waals surface area contributed by atoms with Crippen LogP contribution in [-0.4, -0.2) is 17.1 Å². The van der Waals surface area contributed by atoms with Crippen LogP contribution in [-0.2, 0) is 22.6 Å². The minimum absolute atomic E-state index is 0.0508. The van der Waals surface area contributed by atoms with Gasteiger partial charge in [-0.2, -0.15) is 5.26 Å². The molecule has 188 valence electrons. The molecule has 1 aliphatic rings. The van der Waals surface area contributed by atoms with Crippen molar-refractivity contribution in [3.8, 4) is 6.07 Å². The highest BCUT2D eigenvalue weighted by Crippen LogP contribution is 2.42. The number of nitrogens with zero attached hydrogens (tertiary/aromatic N) is 2. The maximum absolute atomic E-state index is 13.7. The minimum atomic E-state index is -0.488. The van der Waals surface area contributed by atoms with Crippen molar-refractivity contribution in [1.29, 1.82) is 5.26 Å². The van der Waals surface area contributed by atoms with Crippen LogP contribution in [0.4, 0.5) is 5.69 Å². The van der Waals surface area contributed by atoms with E-state index >= 15 is 0 Å². The lowest BCUT2D eigenvalue weighted by Gasteiger charge is -2.20. The van der Waals surface area contributed by atoms with Crippen molar-refractivity contribution < 1.29 is 9.59 Å². The molecule has 0 aromatic heterocycles. The number of aryl methyl sites for hydroxylation is 2. The zero-order valence-corrected chi connectivity index (χ0v) is 22.4. The van der Waals surface area contributed by atoms with Gasteiger partial charge < -0.3 is 5.32 Å². The van der Waals surface area contributed by atoms with E-state index in [4.69, 9.17) is 0 Å². The van der Waals surface area contributed by atoms with Gasteiger partial charge in [-0.05, 0) is 66.1 Å². The van der Waals surface area contributed by atoms with Crippen LogP contribution in [0.1, 0.15) is 47.6 Å². The van der Waals surface area contributed by atoms with E-state index in [1.807, 2.05) is 62.4 Å². The third kappa shape index (κ3) is 5.95. The summed E-state index contributed by atoms with van der Waals surface area (Å²) in [5, 5.41) is 12.8. The molecule has 1 atom stereocenters. The Morgan fingerprint density at radius 3 is 2.32 bits per heavy atom. The average Bonchev–Trinajstić information content (AvgIpc) is 3.21. The molecule has 1 heterocycles. The fourth-order valence-electron chi connectivity index (χ4n) is 4.21. The lowest BCUT2D eigenvalue weighted by atomic mass is 10.00. The Morgan fingerprint density at radius 1 is 1.00 bits per heavy atom. The third-order valence-corrected chi connectivity index (χ3v) is 7.88. The normalized spacial score (nSPS) is 16.6. The first-order valence-corrected chi connectivity index (χ1v) is 13.3. The molecule has 0 spiro atoms. The maximum atomic E-state index is 13.7. The zero-order chi connectivity index (χ0) is 26.5. The number of hydrogen-bond donors (Lipinski definition) is 1. The van der Waals surface area contributed by atoms with E-state index in [0.29, 0.717) is 29.6 Å². The lowest BCUT2D eigenvalue weighted by Crippen LogP contribution is -2.32. The van der Waals surface area contributed by atoms with Gasteiger partial charge in [0.2, 0.25) is 5.91 Å². The summed E-state index contributed by atoms with van der Waals surface area (Å²) in [4.78, 5) is 28.5. The second kappa shape index (κ2) is 11.5. The third-order valence-electron chi connectivity index (χ3n) is 6.62. The second-order valence-corrected chi connectivity index (χ2v) is 10.8. The molecule has 0 aliphatic carbocycles. The summed E-state index contributed by atoms with van der Waals surface area (Å²) in [6.45, 7) is 8.59. The Balaban J connectivity index is 1.67. The Morgan fingerprint density at radius 2 is 1.70 bits per heavy atom. The van der Waals surface area contributed by atoms with Gasteiger partial charge in [-0.3, -0.25) is 14.5 Å². The van der Waals surface area contributed by atoms with E-state index in [9.17, 15) is 14.9 Å². The van der Waals surface area contributed by atoms with Gasteiger partial charge in [-0.15, -0.1) is 0 Å². The minimum Gasteiger partial charge on any atom is -0.347 e. The van der Waals surface area contributed by atoms with Crippen molar-refractivity contribution >= 4 is 29.3 Å². The fourth-order valence-corrected chi connectivity index (χ4v) is 5.51. The summed E-state index contributed by atoms with van der Waals surface area (Å²) in [7, 11) is 0. The van der Waals surface area contributed by atoms with Crippen LogP contribution >= 0.6 is 11.8 Å². The number of thioether (sulfide) groups is 1. The highest BCUT2D eigenvalue weighted by Gasteiger charge is 2.40. The maximum Gasteiger partial charge on any atom is 0.264 e. The molecule has 37 heavy (non-hydrogen) atoms. The van der Waals surface area contributed by atoms with Crippen molar-refractivity contribution in [3.05, 3.63) is 111 Å². The molecule has 5 nitrogen and oxygen atoms in total.